The van der Waals surface area contributed by atoms with Crippen molar-refractivity contribution in [2.45, 2.75) is 11.8 Å². The average Bonchev–Trinajstić information content (AvgIpc) is 2.56. The van der Waals surface area contributed by atoms with Gasteiger partial charge in [0.15, 0.2) is 0 Å². The molecular weight excluding hydrogens is 320 g/mol. The quantitative estimate of drug-likeness (QED) is 0.597. The van der Waals surface area contributed by atoms with Crippen molar-refractivity contribution in [3.63, 3.8) is 0 Å². The zero-order chi connectivity index (χ0) is 17.0. The molecule has 0 N–H and O–H groups in total. The van der Waals surface area contributed by atoms with Crippen molar-refractivity contribution in [3.05, 3.63) is 58.6 Å². The lowest BCUT2D eigenvalue weighted by Crippen LogP contribution is -2.31. The van der Waals surface area contributed by atoms with Crippen molar-refractivity contribution in [1.82, 2.24) is 0 Å². The molecule has 0 aliphatic rings. The number of nitro benzene ring substituents is 1. The maximum Gasteiger partial charge on any atom is 0.271 e. The normalized spacial score (nSPS) is 11.0. The number of methoxy groups -OCH3 is 1. The van der Waals surface area contributed by atoms with E-state index in [2.05, 4.69) is 0 Å². The fourth-order valence-corrected chi connectivity index (χ4v) is 3.67. The molecule has 2 rings (SSSR count). The van der Waals surface area contributed by atoms with E-state index >= 15 is 0 Å². The molecule has 0 heterocycles. The summed E-state index contributed by atoms with van der Waals surface area (Å²) < 4.78 is 31.9. The molecular formula is C15H16N2O5S. The van der Waals surface area contributed by atoms with E-state index in [0.29, 0.717) is 0 Å². The third-order valence-corrected chi connectivity index (χ3v) is 5.16. The monoisotopic (exact) mass is 336 g/mol. The molecule has 0 radical (unpaired) electrons. The summed E-state index contributed by atoms with van der Waals surface area (Å²) in [6.07, 6.45) is 0. The summed E-state index contributed by atoms with van der Waals surface area (Å²) in [6.45, 7) is 1.76. The molecule has 0 amide bonds. The van der Waals surface area contributed by atoms with Crippen LogP contribution in [0.4, 0.5) is 11.4 Å². The van der Waals surface area contributed by atoms with Crippen LogP contribution in [0.1, 0.15) is 6.92 Å². The number of nitrogens with zero attached hydrogens (tertiary/aromatic N) is 2. The Morgan fingerprint density at radius 1 is 1.17 bits per heavy atom. The minimum absolute atomic E-state index is 0.106. The number of ether oxygens (including phenoxy) is 1. The third-order valence-electron chi connectivity index (χ3n) is 3.26. The van der Waals surface area contributed by atoms with Crippen LogP contribution >= 0.6 is 0 Å². The van der Waals surface area contributed by atoms with Crippen molar-refractivity contribution in [1.29, 1.82) is 0 Å². The lowest BCUT2D eigenvalue weighted by Gasteiger charge is -2.24. The Morgan fingerprint density at radius 2 is 1.83 bits per heavy atom. The summed E-state index contributed by atoms with van der Waals surface area (Å²) >= 11 is 0. The van der Waals surface area contributed by atoms with Gasteiger partial charge in [-0.05, 0) is 25.1 Å². The highest BCUT2D eigenvalue weighted by atomic mass is 32.2. The van der Waals surface area contributed by atoms with E-state index in [1.54, 1.807) is 25.1 Å². The predicted molar refractivity (Wildman–Crippen MR) is 86.3 cm³/mol. The van der Waals surface area contributed by atoms with Gasteiger partial charge in [0.25, 0.3) is 15.7 Å². The molecule has 8 heteroatoms. The van der Waals surface area contributed by atoms with Crippen LogP contribution in [-0.2, 0) is 10.0 Å². The first kappa shape index (κ1) is 16.8. The molecule has 0 atom stereocenters. The van der Waals surface area contributed by atoms with Gasteiger partial charge >= 0.3 is 0 Å². The molecule has 0 saturated carbocycles. The van der Waals surface area contributed by atoms with Gasteiger partial charge in [-0.3, -0.25) is 14.4 Å². The Bertz CT molecular complexity index is 806. The molecule has 2 aromatic rings. The Morgan fingerprint density at radius 3 is 2.35 bits per heavy atom. The van der Waals surface area contributed by atoms with Gasteiger partial charge in [-0.15, -0.1) is 0 Å². The summed E-state index contributed by atoms with van der Waals surface area (Å²) in [5.41, 5.74) is -0.0736. The first-order valence-electron chi connectivity index (χ1n) is 6.82. The van der Waals surface area contributed by atoms with E-state index in [1.165, 1.54) is 37.4 Å². The van der Waals surface area contributed by atoms with Crippen LogP contribution in [0.3, 0.4) is 0 Å². The Balaban J connectivity index is 2.61. The van der Waals surface area contributed by atoms with Crippen molar-refractivity contribution in [2.24, 2.45) is 0 Å². The number of anilines is 1. The van der Waals surface area contributed by atoms with Gasteiger partial charge in [-0.1, -0.05) is 18.2 Å². The van der Waals surface area contributed by atoms with Crippen LogP contribution in [0.5, 0.6) is 5.75 Å². The summed E-state index contributed by atoms with van der Waals surface area (Å²) in [6, 6.07) is 11.7. The highest BCUT2D eigenvalue weighted by molar-refractivity contribution is 7.92. The van der Waals surface area contributed by atoms with Crippen molar-refractivity contribution in [2.75, 3.05) is 18.0 Å². The molecule has 0 spiro atoms. The fourth-order valence-electron chi connectivity index (χ4n) is 2.18. The maximum atomic E-state index is 12.8. The molecule has 0 saturated heterocycles. The molecule has 0 fully saturated rings. The van der Waals surface area contributed by atoms with Gasteiger partial charge in [-0.2, -0.15) is 0 Å². The summed E-state index contributed by atoms with van der Waals surface area (Å²) in [5, 5.41) is 11.0. The topological polar surface area (TPSA) is 89.8 Å². The molecule has 7 nitrogen and oxygen atoms in total. The van der Waals surface area contributed by atoms with Gasteiger partial charge in [-0.25, -0.2) is 8.42 Å². The van der Waals surface area contributed by atoms with Crippen molar-refractivity contribution < 1.29 is 18.1 Å². The molecule has 0 unspecified atom stereocenters. The van der Waals surface area contributed by atoms with E-state index < -0.39 is 14.9 Å². The molecule has 2 aromatic carbocycles. The summed E-state index contributed by atoms with van der Waals surface area (Å²) in [5.74, 6) is 0.247. The number of hydrogen-bond acceptors (Lipinski definition) is 5. The molecule has 0 bridgehead atoms. The van der Waals surface area contributed by atoms with Gasteiger partial charge in [0.05, 0.1) is 16.9 Å². The number of nitro groups is 1. The van der Waals surface area contributed by atoms with Crippen LogP contribution < -0.4 is 9.04 Å². The highest BCUT2D eigenvalue weighted by Crippen LogP contribution is 2.35. The van der Waals surface area contributed by atoms with Crippen molar-refractivity contribution in [3.8, 4) is 5.75 Å². The van der Waals surface area contributed by atoms with Gasteiger partial charge in [0.1, 0.15) is 11.4 Å². The SMILES string of the molecule is CCN(c1cc([N+](=O)[O-])ccc1OC)S(=O)(=O)c1ccccc1. The smallest absolute Gasteiger partial charge is 0.271 e. The van der Waals surface area contributed by atoms with Gasteiger partial charge in [0.2, 0.25) is 0 Å². The molecule has 0 aliphatic carbocycles. The largest absolute Gasteiger partial charge is 0.495 e. The number of benzene rings is 2. The third kappa shape index (κ3) is 3.26. The highest BCUT2D eigenvalue weighted by Gasteiger charge is 2.27. The zero-order valence-electron chi connectivity index (χ0n) is 12.7. The predicted octanol–water partition coefficient (Wildman–Crippen LogP) is 2.82. The average molecular weight is 336 g/mol. The van der Waals surface area contributed by atoms with Crippen LogP contribution in [0, 0.1) is 10.1 Å². The first-order valence-corrected chi connectivity index (χ1v) is 8.26. The Labute approximate surface area is 134 Å². The van der Waals surface area contributed by atoms with Gasteiger partial charge in [0, 0.05) is 18.7 Å². The van der Waals surface area contributed by atoms with Gasteiger partial charge < -0.3 is 4.74 Å². The van der Waals surface area contributed by atoms with E-state index in [4.69, 9.17) is 4.74 Å². The number of sulfonamides is 1. The van der Waals surface area contributed by atoms with Crippen molar-refractivity contribution >= 4 is 21.4 Å². The van der Waals surface area contributed by atoms with Crippen LogP contribution in [0.25, 0.3) is 0 Å². The zero-order valence-corrected chi connectivity index (χ0v) is 13.5. The maximum absolute atomic E-state index is 12.8. The van der Waals surface area contributed by atoms with E-state index in [0.717, 1.165) is 4.31 Å². The molecule has 122 valence electrons. The minimum atomic E-state index is -3.85. The number of rotatable bonds is 6. The van der Waals surface area contributed by atoms with Crippen LogP contribution in [0.2, 0.25) is 0 Å². The lowest BCUT2D eigenvalue weighted by molar-refractivity contribution is -0.384. The molecule has 0 aromatic heterocycles. The van der Waals surface area contributed by atoms with E-state index in [9.17, 15) is 18.5 Å². The number of hydrogen-bond donors (Lipinski definition) is 0. The Kier molecular flexibility index (Phi) is 4.85. The van der Waals surface area contributed by atoms with E-state index in [1.807, 2.05) is 0 Å². The second-order valence-corrected chi connectivity index (χ2v) is 6.46. The minimum Gasteiger partial charge on any atom is -0.495 e. The first-order chi connectivity index (χ1) is 10.9. The van der Waals surface area contributed by atoms with E-state index in [-0.39, 0.29) is 28.6 Å². The summed E-state index contributed by atoms with van der Waals surface area (Å²) in [7, 11) is -2.47. The summed E-state index contributed by atoms with van der Waals surface area (Å²) in [4.78, 5) is 10.5. The lowest BCUT2D eigenvalue weighted by atomic mass is 10.2. The molecule has 0 aliphatic heterocycles. The van der Waals surface area contributed by atoms with Crippen LogP contribution in [0.15, 0.2) is 53.4 Å². The van der Waals surface area contributed by atoms with Crippen LogP contribution in [-0.4, -0.2) is 27.0 Å². The molecule has 23 heavy (non-hydrogen) atoms. The Hall–Kier alpha value is -2.61. The number of non-ortho nitro benzene ring substituents is 1. The fraction of sp³-hybridized carbons (Fsp3) is 0.200. The second kappa shape index (κ2) is 6.66. The standard InChI is InChI=1S/C15H16N2O5S/c1-3-16(23(20,21)13-7-5-4-6-8-13)14-11-12(17(18)19)9-10-15(14)22-2/h4-11H,3H2,1-2H3. The second-order valence-electron chi connectivity index (χ2n) is 4.60.